The van der Waals surface area contributed by atoms with Crippen molar-refractivity contribution < 1.29 is 14.1 Å². The van der Waals surface area contributed by atoms with Gasteiger partial charge in [-0.15, -0.1) is 0 Å². The first-order valence-electron chi connectivity index (χ1n) is 8.33. The van der Waals surface area contributed by atoms with Crippen LogP contribution in [0.5, 0.6) is 5.75 Å². The third kappa shape index (κ3) is 4.25. The van der Waals surface area contributed by atoms with Crippen molar-refractivity contribution in [2.24, 2.45) is 0 Å². The van der Waals surface area contributed by atoms with Crippen LogP contribution in [0.2, 0.25) is 0 Å². The van der Waals surface area contributed by atoms with E-state index in [-0.39, 0.29) is 12.5 Å². The number of aromatic nitrogens is 1. The molecule has 2 aromatic rings. The molecule has 2 heterocycles. The van der Waals surface area contributed by atoms with Crippen molar-refractivity contribution >= 4 is 18.1 Å². The predicted molar refractivity (Wildman–Crippen MR) is 92.5 cm³/mol. The first-order chi connectivity index (χ1) is 11.7. The van der Waals surface area contributed by atoms with Gasteiger partial charge in [-0.3, -0.25) is 4.79 Å². The molecular formula is C19H22N2O3. The van der Waals surface area contributed by atoms with Gasteiger partial charge >= 0.3 is 0 Å². The zero-order chi connectivity index (χ0) is 16.8. The van der Waals surface area contributed by atoms with E-state index in [1.54, 1.807) is 0 Å². The summed E-state index contributed by atoms with van der Waals surface area (Å²) in [6, 6.07) is 9.51. The van der Waals surface area contributed by atoms with Crippen LogP contribution >= 0.6 is 0 Å². The lowest BCUT2D eigenvalue weighted by atomic mass is 10.1. The lowest BCUT2D eigenvalue weighted by Crippen LogP contribution is -2.38. The van der Waals surface area contributed by atoms with Gasteiger partial charge in [0.25, 0.3) is 5.91 Å². The van der Waals surface area contributed by atoms with Crippen molar-refractivity contribution in [2.75, 3.05) is 19.7 Å². The molecule has 126 valence electrons. The summed E-state index contributed by atoms with van der Waals surface area (Å²) < 4.78 is 10.9. The van der Waals surface area contributed by atoms with Crippen LogP contribution in [0.1, 0.15) is 36.3 Å². The van der Waals surface area contributed by atoms with Crippen LogP contribution in [0, 0.1) is 6.92 Å². The molecule has 0 bridgehead atoms. The second-order valence-corrected chi connectivity index (χ2v) is 5.97. The van der Waals surface area contributed by atoms with Crippen LogP contribution in [0.15, 0.2) is 34.9 Å². The molecular weight excluding hydrogens is 304 g/mol. The summed E-state index contributed by atoms with van der Waals surface area (Å²) in [4.78, 5) is 14.1. The number of ether oxygens (including phenoxy) is 1. The lowest BCUT2D eigenvalue weighted by Gasteiger charge is -2.26. The van der Waals surface area contributed by atoms with Gasteiger partial charge in [-0.25, -0.2) is 0 Å². The van der Waals surface area contributed by atoms with Gasteiger partial charge in [0, 0.05) is 24.7 Å². The molecule has 0 radical (unpaired) electrons. The SMILES string of the molecule is Cc1cc(/C=C/c2ccccc2OCC(=O)N2CCCCC2)on1. The van der Waals surface area contributed by atoms with E-state index in [0.29, 0.717) is 11.5 Å². The molecule has 1 aliphatic heterocycles. The Labute approximate surface area is 141 Å². The van der Waals surface area contributed by atoms with Crippen LogP contribution in [-0.2, 0) is 4.79 Å². The summed E-state index contributed by atoms with van der Waals surface area (Å²) in [6.07, 6.45) is 7.12. The lowest BCUT2D eigenvalue weighted by molar-refractivity contribution is -0.134. The van der Waals surface area contributed by atoms with Gasteiger partial charge < -0.3 is 14.2 Å². The van der Waals surface area contributed by atoms with Gasteiger partial charge in [-0.1, -0.05) is 23.4 Å². The van der Waals surface area contributed by atoms with Crippen LogP contribution < -0.4 is 4.74 Å². The van der Waals surface area contributed by atoms with Crippen LogP contribution in [0.25, 0.3) is 12.2 Å². The quantitative estimate of drug-likeness (QED) is 0.843. The molecule has 1 aromatic carbocycles. The highest BCUT2D eigenvalue weighted by atomic mass is 16.5. The Morgan fingerprint density at radius 1 is 1.25 bits per heavy atom. The molecule has 0 unspecified atom stereocenters. The molecule has 5 nitrogen and oxygen atoms in total. The maximum absolute atomic E-state index is 12.2. The smallest absolute Gasteiger partial charge is 0.260 e. The fraction of sp³-hybridized carbons (Fsp3) is 0.368. The van der Waals surface area contributed by atoms with Crippen LogP contribution in [0.3, 0.4) is 0 Å². The van der Waals surface area contributed by atoms with Crippen LogP contribution in [-0.4, -0.2) is 35.7 Å². The van der Waals surface area contributed by atoms with E-state index >= 15 is 0 Å². The molecule has 24 heavy (non-hydrogen) atoms. The molecule has 1 amide bonds. The number of carbonyl (C=O) groups excluding carboxylic acids is 1. The molecule has 0 saturated carbocycles. The Morgan fingerprint density at radius 2 is 2.04 bits per heavy atom. The standard InChI is InChI=1S/C19H22N2O3/c1-15-13-17(24-20-15)10-9-16-7-3-4-8-18(16)23-14-19(22)21-11-5-2-6-12-21/h3-4,7-10,13H,2,5-6,11-12,14H2,1H3/b10-9+. The minimum atomic E-state index is 0.0549. The second kappa shape index (κ2) is 7.81. The Hall–Kier alpha value is -2.56. The molecule has 1 aliphatic rings. The number of benzene rings is 1. The fourth-order valence-electron chi connectivity index (χ4n) is 2.76. The van der Waals surface area contributed by atoms with Crippen molar-refractivity contribution in [3.63, 3.8) is 0 Å². The fourth-order valence-corrected chi connectivity index (χ4v) is 2.76. The summed E-state index contributed by atoms with van der Waals surface area (Å²) in [5.74, 6) is 1.43. The molecule has 0 atom stereocenters. The van der Waals surface area contributed by atoms with Crippen molar-refractivity contribution in [3.8, 4) is 5.75 Å². The Bertz CT molecular complexity index is 715. The number of rotatable bonds is 5. The first kappa shape index (κ1) is 16.3. The second-order valence-electron chi connectivity index (χ2n) is 5.97. The average molecular weight is 326 g/mol. The Balaban J connectivity index is 1.63. The highest BCUT2D eigenvalue weighted by Gasteiger charge is 2.17. The molecule has 1 fully saturated rings. The number of carbonyl (C=O) groups is 1. The van der Waals surface area contributed by atoms with E-state index in [2.05, 4.69) is 5.16 Å². The Morgan fingerprint density at radius 3 is 2.79 bits per heavy atom. The van der Waals surface area contributed by atoms with Gasteiger partial charge in [0.2, 0.25) is 0 Å². The van der Waals surface area contributed by atoms with Crippen molar-refractivity contribution in [1.29, 1.82) is 0 Å². The van der Waals surface area contributed by atoms with E-state index in [0.717, 1.165) is 37.2 Å². The highest BCUT2D eigenvalue weighted by molar-refractivity contribution is 5.78. The number of hydrogen-bond donors (Lipinski definition) is 0. The minimum Gasteiger partial charge on any atom is -0.483 e. The third-order valence-corrected chi connectivity index (χ3v) is 4.05. The summed E-state index contributed by atoms with van der Waals surface area (Å²) in [5.41, 5.74) is 1.74. The van der Waals surface area contributed by atoms with Crippen LogP contribution in [0.4, 0.5) is 0 Å². The maximum Gasteiger partial charge on any atom is 0.260 e. The van der Waals surface area contributed by atoms with E-state index < -0.39 is 0 Å². The number of aryl methyl sites for hydroxylation is 1. The van der Waals surface area contributed by atoms with Gasteiger partial charge in [-0.2, -0.15) is 0 Å². The predicted octanol–water partition coefficient (Wildman–Crippen LogP) is 3.54. The maximum atomic E-state index is 12.2. The molecule has 3 rings (SSSR count). The summed E-state index contributed by atoms with van der Waals surface area (Å²) >= 11 is 0. The molecule has 1 saturated heterocycles. The number of likely N-dealkylation sites (tertiary alicyclic amines) is 1. The van der Waals surface area contributed by atoms with E-state index in [9.17, 15) is 4.79 Å². The number of para-hydroxylation sites is 1. The van der Waals surface area contributed by atoms with E-state index in [1.165, 1.54) is 6.42 Å². The highest BCUT2D eigenvalue weighted by Crippen LogP contribution is 2.21. The van der Waals surface area contributed by atoms with Gasteiger partial charge in [-0.05, 0) is 44.4 Å². The number of hydrogen-bond acceptors (Lipinski definition) is 4. The van der Waals surface area contributed by atoms with Crippen molar-refractivity contribution in [3.05, 3.63) is 47.3 Å². The largest absolute Gasteiger partial charge is 0.483 e. The molecule has 0 aliphatic carbocycles. The number of nitrogens with zero attached hydrogens (tertiary/aromatic N) is 2. The molecule has 1 aromatic heterocycles. The number of amides is 1. The van der Waals surface area contributed by atoms with Crippen molar-refractivity contribution in [1.82, 2.24) is 10.1 Å². The average Bonchev–Trinajstić information content (AvgIpc) is 3.04. The zero-order valence-electron chi connectivity index (χ0n) is 13.9. The monoisotopic (exact) mass is 326 g/mol. The van der Waals surface area contributed by atoms with Gasteiger partial charge in [0.05, 0.1) is 5.69 Å². The van der Waals surface area contributed by atoms with Crippen molar-refractivity contribution in [2.45, 2.75) is 26.2 Å². The van der Waals surface area contributed by atoms with Gasteiger partial charge in [0.15, 0.2) is 12.4 Å². The normalized spacial score (nSPS) is 15.0. The number of piperidine rings is 1. The molecule has 5 heteroatoms. The van der Waals surface area contributed by atoms with E-state index in [4.69, 9.17) is 9.26 Å². The summed E-state index contributed by atoms with van der Waals surface area (Å²) in [6.45, 7) is 3.64. The summed E-state index contributed by atoms with van der Waals surface area (Å²) in [5, 5.41) is 3.85. The third-order valence-electron chi connectivity index (χ3n) is 4.05. The molecule has 0 N–H and O–H groups in total. The topological polar surface area (TPSA) is 55.6 Å². The zero-order valence-corrected chi connectivity index (χ0v) is 13.9. The Kier molecular flexibility index (Phi) is 5.31. The summed E-state index contributed by atoms with van der Waals surface area (Å²) in [7, 11) is 0. The molecule has 0 spiro atoms. The minimum absolute atomic E-state index is 0.0549. The first-order valence-corrected chi connectivity index (χ1v) is 8.33. The van der Waals surface area contributed by atoms with E-state index in [1.807, 2.05) is 54.3 Å². The van der Waals surface area contributed by atoms with Gasteiger partial charge in [0.1, 0.15) is 5.75 Å².